The van der Waals surface area contributed by atoms with Gasteiger partial charge in [0.05, 0.1) is 12.1 Å². The zero-order valence-corrected chi connectivity index (χ0v) is 11.7. The number of piperidine rings is 1. The van der Waals surface area contributed by atoms with Gasteiger partial charge in [-0.1, -0.05) is 19.8 Å². The maximum Gasteiger partial charge on any atom is 0.326 e. The molecule has 0 aromatic rings. The number of carbonyl (C=O) groups is 2. The Hall–Kier alpha value is -1.30. The predicted molar refractivity (Wildman–Crippen MR) is 70.9 cm³/mol. The second kappa shape index (κ2) is 6.75. The van der Waals surface area contributed by atoms with Crippen LogP contribution in [0.25, 0.3) is 0 Å². The number of amides is 2. The Balaban J connectivity index is 2.54. The maximum atomic E-state index is 12.0. The third-order valence-corrected chi connectivity index (χ3v) is 3.40. The summed E-state index contributed by atoms with van der Waals surface area (Å²) in [5, 5.41) is 21.5. The molecule has 6 nitrogen and oxygen atoms in total. The highest BCUT2D eigenvalue weighted by Gasteiger charge is 2.32. The summed E-state index contributed by atoms with van der Waals surface area (Å²) < 4.78 is 0. The van der Waals surface area contributed by atoms with Crippen molar-refractivity contribution in [1.82, 2.24) is 10.2 Å². The molecule has 1 aliphatic rings. The number of likely N-dealkylation sites (tertiary alicyclic amines) is 1. The first-order valence-corrected chi connectivity index (χ1v) is 6.86. The molecule has 0 aromatic heterocycles. The van der Waals surface area contributed by atoms with Crippen LogP contribution in [-0.4, -0.2) is 51.8 Å². The molecule has 0 spiro atoms. The number of hydrogen-bond donors (Lipinski definition) is 3. The number of carboxylic acids is 1. The van der Waals surface area contributed by atoms with Crippen LogP contribution in [0, 0.1) is 0 Å². The number of carboxylic acid groups (broad SMARTS) is 1. The van der Waals surface area contributed by atoms with Gasteiger partial charge in [-0.15, -0.1) is 0 Å². The van der Waals surface area contributed by atoms with Crippen LogP contribution in [0.15, 0.2) is 0 Å². The standard InChI is InChI=1S/C13H24N2O4/c1-3-4-6-10(11(16)17)14-12(18)15-8-5-7-13(2,19)9-15/h10,19H,3-9H2,1-2H3,(H,14,18)(H,16,17)/t10-,13?/m0/s1. The third kappa shape index (κ3) is 5.06. The van der Waals surface area contributed by atoms with Crippen molar-refractivity contribution in [2.24, 2.45) is 0 Å². The lowest BCUT2D eigenvalue weighted by Crippen LogP contribution is -2.54. The molecule has 1 fully saturated rings. The zero-order valence-electron chi connectivity index (χ0n) is 11.7. The molecule has 1 rings (SSSR count). The highest BCUT2D eigenvalue weighted by atomic mass is 16.4. The van der Waals surface area contributed by atoms with E-state index in [1.807, 2.05) is 6.92 Å². The number of β-amino-alcohol motifs (C(OH)–C–C–N with tert-alkyl or cyclic N) is 1. The number of carbonyl (C=O) groups excluding carboxylic acids is 1. The maximum absolute atomic E-state index is 12.0. The molecule has 0 aliphatic carbocycles. The van der Waals surface area contributed by atoms with Crippen molar-refractivity contribution in [3.05, 3.63) is 0 Å². The molecule has 6 heteroatoms. The van der Waals surface area contributed by atoms with E-state index in [0.29, 0.717) is 19.4 Å². The van der Waals surface area contributed by atoms with Gasteiger partial charge in [-0.3, -0.25) is 0 Å². The van der Waals surface area contributed by atoms with E-state index in [2.05, 4.69) is 5.32 Å². The van der Waals surface area contributed by atoms with E-state index in [4.69, 9.17) is 5.11 Å². The number of aliphatic carboxylic acids is 1. The minimum atomic E-state index is -1.01. The van der Waals surface area contributed by atoms with Crippen LogP contribution in [-0.2, 0) is 4.79 Å². The van der Waals surface area contributed by atoms with Gasteiger partial charge in [-0.2, -0.15) is 0 Å². The van der Waals surface area contributed by atoms with E-state index in [0.717, 1.165) is 19.3 Å². The van der Waals surface area contributed by atoms with Gasteiger partial charge in [-0.05, 0) is 26.2 Å². The number of urea groups is 1. The lowest BCUT2D eigenvalue weighted by atomic mass is 9.95. The zero-order chi connectivity index (χ0) is 14.5. The first-order valence-electron chi connectivity index (χ1n) is 6.86. The SMILES string of the molecule is CCCC[C@H](NC(=O)N1CCCC(C)(O)C1)C(=O)O. The smallest absolute Gasteiger partial charge is 0.326 e. The normalized spacial score (nSPS) is 24.9. The van der Waals surface area contributed by atoms with Gasteiger partial charge in [0.15, 0.2) is 0 Å². The highest BCUT2D eigenvalue weighted by molar-refractivity contribution is 5.82. The van der Waals surface area contributed by atoms with E-state index in [9.17, 15) is 14.7 Å². The van der Waals surface area contributed by atoms with Crippen molar-refractivity contribution < 1.29 is 19.8 Å². The molecule has 0 bridgehead atoms. The number of nitrogens with one attached hydrogen (secondary N) is 1. The summed E-state index contributed by atoms with van der Waals surface area (Å²) >= 11 is 0. The van der Waals surface area contributed by atoms with Crippen molar-refractivity contribution in [1.29, 1.82) is 0 Å². The van der Waals surface area contributed by atoms with E-state index < -0.39 is 23.6 Å². The molecule has 110 valence electrons. The molecule has 1 unspecified atom stereocenters. The van der Waals surface area contributed by atoms with Crippen molar-refractivity contribution in [2.75, 3.05) is 13.1 Å². The van der Waals surface area contributed by atoms with Crippen LogP contribution in [0.5, 0.6) is 0 Å². The van der Waals surface area contributed by atoms with Crippen molar-refractivity contribution in [3.63, 3.8) is 0 Å². The Morgan fingerprint density at radius 2 is 2.16 bits per heavy atom. The predicted octanol–water partition coefficient (Wildman–Crippen LogP) is 1.19. The Morgan fingerprint density at radius 3 is 2.68 bits per heavy atom. The van der Waals surface area contributed by atoms with Crippen molar-refractivity contribution in [3.8, 4) is 0 Å². The Kier molecular flexibility index (Phi) is 5.60. The average Bonchev–Trinajstić information content (AvgIpc) is 2.32. The molecule has 3 N–H and O–H groups in total. The van der Waals surface area contributed by atoms with Gasteiger partial charge < -0.3 is 20.4 Å². The van der Waals surface area contributed by atoms with Crippen LogP contribution in [0.2, 0.25) is 0 Å². The fourth-order valence-electron chi connectivity index (χ4n) is 2.30. The second-order valence-electron chi connectivity index (χ2n) is 5.50. The number of aliphatic hydroxyl groups is 1. The lowest BCUT2D eigenvalue weighted by Gasteiger charge is -2.37. The number of nitrogens with zero attached hydrogens (tertiary/aromatic N) is 1. The Labute approximate surface area is 113 Å². The van der Waals surface area contributed by atoms with E-state index in [1.165, 1.54) is 4.90 Å². The average molecular weight is 272 g/mol. The van der Waals surface area contributed by atoms with Crippen LogP contribution in [0.1, 0.15) is 46.0 Å². The van der Waals surface area contributed by atoms with Gasteiger partial charge in [0.25, 0.3) is 0 Å². The number of hydrogen-bond acceptors (Lipinski definition) is 3. The Morgan fingerprint density at radius 1 is 1.47 bits per heavy atom. The summed E-state index contributed by atoms with van der Waals surface area (Å²) in [4.78, 5) is 24.6. The summed E-state index contributed by atoms with van der Waals surface area (Å²) in [6.07, 6.45) is 3.47. The van der Waals surface area contributed by atoms with Crippen molar-refractivity contribution in [2.45, 2.75) is 57.6 Å². The molecule has 1 saturated heterocycles. The second-order valence-corrected chi connectivity index (χ2v) is 5.50. The third-order valence-electron chi connectivity index (χ3n) is 3.40. The molecular formula is C13H24N2O4. The van der Waals surface area contributed by atoms with Gasteiger partial charge in [0, 0.05) is 6.54 Å². The van der Waals surface area contributed by atoms with Gasteiger partial charge in [0.1, 0.15) is 6.04 Å². The molecule has 2 amide bonds. The van der Waals surface area contributed by atoms with E-state index in [-0.39, 0.29) is 6.54 Å². The minimum Gasteiger partial charge on any atom is -0.480 e. The van der Waals surface area contributed by atoms with Crippen LogP contribution >= 0.6 is 0 Å². The van der Waals surface area contributed by atoms with Crippen LogP contribution in [0.4, 0.5) is 4.79 Å². The molecule has 1 heterocycles. The highest BCUT2D eigenvalue weighted by Crippen LogP contribution is 2.20. The largest absolute Gasteiger partial charge is 0.480 e. The monoisotopic (exact) mass is 272 g/mol. The summed E-state index contributed by atoms with van der Waals surface area (Å²) in [5.41, 5.74) is -0.877. The van der Waals surface area contributed by atoms with Crippen LogP contribution in [0.3, 0.4) is 0 Å². The summed E-state index contributed by atoms with van der Waals surface area (Å²) in [6.45, 7) is 4.47. The quantitative estimate of drug-likeness (QED) is 0.701. The summed E-state index contributed by atoms with van der Waals surface area (Å²) in [5.74, 6) is -1.01. The molecule has 2 atom stereocenters. The molecular weight excluding hydrogens is 248 g/mol. The van der Waals surface area contributed by atoms with E-state index in [1.54, 1.807) is 6.92 Å². The topological polar surface area (TPSA) is 89.9 Å². The van der Waals surface area contributed by atoms with Gasteiger partial charge in [-0.25, -0.2) is 9.59 Å². The number of unbranched alkanes of at least 4 members (excludes halogenated alkanes) is 1. The Bertz CT molecular complexity index is 331. The molecule has 0 aromatic carbocycles. The minimum absolute atomic E-state index is 0.249. The van der Waals surface area contributed by atoms with Gasteiger partial charge >= 0.3 is 12.0 Å². The van der Waals surface area contributed by atoms with Gasteiger partial charge in [0.2, 0.25) is 0 Å². The first-order chi connectivity index (χ1) is 8.85. The first kappa shape index (κ1) is 15.8. The van der Waals surface area contributed by atoms with Crippen LogP contribution < -0.4 is 5.32 Å². The molecule has 19 heavy (non-hydrogen) atoms. The number of rotatable bonds is 5. The fraction of sp³-hybridized carbons (Fsp3) is 0.846. The van der Waals surface area contributed by atoms with Crippen molar-refractivity contribution >= 4 is 12.0 Å². The summed E-state index contributed by atoms with van der Waals surface area (Å²) in [6, 6.07) is -1.25. The molecule has 0 saturated carbocycles. The summed E-state index contributed by atoms with van der Waals surface area (Å²) in [7, 11) is 0. The fourth-order valence-corrected chi connectivity index (χ4v) is 2.30. The molecule has 1 aliphatic heterocycles. The lowest BCUT2D eigenvalue weighted by molar-refractivity contribution is -0.139. The van der Waals surface area contributed by atoms with E-state index >= 15 is 0 Å². The molecule has 0 radical (unpaired) electrons.